The molecule has 1 atom stereocenters. The minimum absolute atomic E-state index is 0.0421. The van der Waals surface area contributed by atoms with Crippen molar-refractivity contribution in [2.24, 2.45) is 5.10 Å². The van der Waals surface area contributed by atoms with Gasteiger partial charge in [-0.2, -0.15) is 5.10 Å². The van der Waals surface area contributed by atoms with Gasteiger partial charge in [0.1, 0.15) is 0 Å². The van der Waals surface area contributed by atoms with Gasteiger partial charge in [0.2, 0.25) is 0 Å². The lowest BCUT2D eigenvalue weighted by Gasteiger charge is -2.24. The summed E-state index contributed by atoms with van der Waals surface area (Å²) in [7, 11) is 3.40. The molecule has 6 nitrogen and oxygen atoms in total. The number of carbonyl (C=O) groups is 2. The fourth-order valence-electron chi connectivity index (χ4n) is 4.78. The normalized spacial score (nSPS) is 23.5. The van der Waals surface area contributed by atoms with E-state index in [9.17, 15) is 9.59 Å². The summed E-state index contributed by atoms with van der Waals surface area (Å²) in [6, 6.07) is 5.60. The van der Waals surface area contributed by atoms with Gasteiger partial charge < -0.3 is 9.64 Å². The van der Waals surface area contributed by atoms with Crippen molar-refractivity contribution in [1.82, 2.24) is 5.01 Å². The van der Waals surface area contributed by atoms with Crippen LogP contribution in [0.3, 0.4) is 0 Å². The maximum absolute atomic E-state index is 13.3. The number of ether oxygens (including phenoxy) is 1. The molecular weight excluding hydrogens is 414 g/mol. The van der Waals surface area contributed by atoms with Crippen molar-refractivity contribution < 1.29 is 14.3 Å². The number of hydrazone groups is 1. The highest BCUT2D eigenvalue weighted by Gasteiger charge is 2.39. The van der Waals surface area contributed by atoms with E-state index in [-0.39, 0.29) is 23.3 Å². The number of methoxy groups -OCH3 is 1. The average molecular weight is 446 g/mol. The lowest BCUT2D eigenvalue weighted by molar-refractivity contribution is -0.127. The molecule has 3 aliphatic rings. The molecule has 6 heteroatoms. The van der Waals surface area contributed by atoms with Gasteiger partial charge in [-0.15, -0.1) is 0 Å². The maximum Gasteiger partial charge on any atom is 0.337 e. The third-order valence-corrected chi connectivity index (χ3v) is 6.60. The van der Waals surface area contributed by atoms with Crippen LogP contribution >= 0.6 is 0 Å². The first-order valence-corrected chi connectivity index (χ1v) is 11.4. The van der Waals surface area contributed by atoms with Gasteiger partial charge in [0.15, 0.2) is 0 Å². The van der Waals surface area contributed by atoms with E-state index in [1.807, 2.05) is 49.6 Å². The molecule has 0 aromatic heterocycles. The van der Waals surface area contributed by atoms with E-state index < -0.39 is 0 Å². The largest absolute Gasteiger partial charge is 0.465 e. The Hall–Kier alpha value is -3.41. The molecule has 1 aromatic rings. The molecule has 0 saturated carbocycles. The van der Waals surface area contributed by atoms with Crippen LogP contribution in [0.25, 0.3) is 0 Å². The van der Waals surface area contributed by atoms with Crippen LogP contribution in [0.5, 0.6) is 0 Å². The number of nitrogens with zero attached hydrogens (tertiary/aromatic N) is 3. The molecule has 1 aliphatic carbocycles. The zero-order valence-corrected chi connectivity index (χ0v) is 20.0. The van der Waals surface area contributed by atoms with Gasteiger partial charge in [0.25, 0.3) is 5.91 Å². The Balaban J connectivity index is 1.69. The number of esters is 1. The molecule has 1 unspecified atom stereocenters. The number of rotatable bonds is 5. The molecule has 0 radical (unpaired) electrons. The number of carbonyl (C=O) groups excluding carboxylic acids is 2. The third kappa shape index (κ3) is 3.94. The number of fused-ring (bicyclic) bond motifs is 1. The maximum atomic E-state index is 13.3. The van der Waals surface area contributed by atoms with Gasteiger partial charge in [-0.05, 0) is 48.8 Å². The summed E-state index contributed by atoms with van der Waals surface area (Å²) in [4.78, 5) is 27.5. The fourth-order valence-corrected chi connectivity index (χ4v) is 4.78. The molecule has 33 heavy (non-hydrogen) atoms. The Morgan fingerprint density at radius 1 is 1.27 bits per heavy atom. The van der Waals surface area contributed by atoms with E-state index in [2.05, 4.69) is 31.7 Å². The van der Waals surface area contributed by atoms with Gasteiger partial charge in [0.05, 0.1) is 30.0 Å². The van der Waals surface area contributed by atoms with Crippen molar-refractivity contribution >= 4 is 23.3 Å². The van der Waals surface area contributed by atoms with Crippen molar-refractivity contribution in [3.8, 4) is 0 Å². The highest BCUT2D eigenvalue weighted by atomic mass is 16.5. The summed E-state index contributed by atoms with van der Waals surface area (Å²) in [5, 5.41) is 6.32. The van der Waals surface area contributed by atoms with Crippen molar-refractivity contribution in [2.45, 2.75) is 51.5 Å². The lowest BCUT2D eigenvalue weighted by atomic mass is 9.83. The third-order valence-electron chi connectivity index (χ3n) is 6.60. The van der Waals surface area contributed by atoms with E-state index in [4.69, 9.17) is 9.84 Å². The Morgan fingerprint density at radius 3 is 2.73 bits per heavy atom. The molecule has 2 heterocycles. The summed E-state index contributed by atoms with van der Waals surface area (Å²) in [5.74, 6) is -0.399. The summed E-state index contributed by atoms with van der Waals surface area (Å²) in [6.07, 6.45) is 14.4. The predicted molar refractivity (Wildman–Crippen MR) is 131 cm³/mol. The number of anilines is 1. The van der Waals surface area contributed by atoms with Gasteiger partial charge >= 0.3 is 5.97 Å². The summed E-state index contributed by atoms with van der Waals surface area (Å²) >= 11 is 0. The molecule has 0 saturated heterocycles. The molecule has 0 bridgehead atoms. The highest BCUT2D eigenvalue weighted by Crippen LogP contribution is 2.47. The van der Waals surface area contributed by atoms with Crippen molar-refractivity contribution in [2.75, 3.05) is 19.1 Å². The second-order valence-electron chi connectivity index (χ2n) is 9.10. The van der Waals surface area contributed by atoms with Crippen LogP contribution < -0.4 is 4.90 Å². The highest BCUT2D eigenvalue weighted by molar-refractivity contribution is 6.25. The van der Waals surface area contributed by atoms with Crippen LogP contribution in [-0.2, 0) is 14.9 Å². The standard InChI is InChI=1S/C27H31N3O3/c1-6-10-22-20(25(31)30(28-22)19-11-8-7-9-12-19)14-16-24-27(2,3)21-17-18(26(32)33-5)13-15-23(21)29(24)4/h7-9,11,13-17,19H,6,10,12H2,1-5H3/b20-14+,24-16-. The number of hydrogen-bond donors (Lipinski definition) is 0. The predicted octanol–water partition coefficient (Wildman–Crippen LogP) is 4.89. The first-order chi connectivity index (χ1) is 15.8. The van der Waals surface area contributed by atoms with Gasteiger partial charge in [0, 0.05) is 23.8 Å². The van der Waals surface area contributed by atoms with Gasteiger partial charge in [-0.25, -0.2) is 9.80 Å². The number of likely N-dealkylation sites (N-methyl/N-ethyl adjacent to an activating group) is 1. The number of benzene rings is 1. The number of hydrogen-bond acceptors (Lipinski definition) is 5. The van der Waals surface area contributed by atoms with E-state index in [0.717, 1.165) is 41.9 Å². The molecule has 0 spiro atoms. The van der Waals surface area contributed by atoms with Crippen LogP contribution in [0.4, 0.5) is 5.69 Å². The van der Waals surface area contributed by atoms with E-state index in [1.54, 1.807) is 11.1 Å². The lowest BCUT2D eigenvalue weighted by Crippen LogP contribution is -2.32. The van der Waals surface area contributed by atoms with Crippen LogP contribution in [0, 0.1) is 0 Å². The fraction of sp³-hybridized carbons (Fsp3) is 0.370. The SMILES string of the molecule is CCCC1=NN(C2C=CC=CC2)C(=O)/C1=C/C=C1\N(C)c2ccc(C(=O)OC)cc2C1(C)C. The van der Waals surface area contributed by atoms with Crippen molar-refractivity contribution in [3.63, 3.8) is 0 Å². The molecule has 172 valence electrons. The molecular formula is C27H31N3O3. The second-order valence-corrected chi connectivity index (χ2v) is 9.10. The first kappa shape index (κ1) is 22.8. The molecule has 1 amide bonds. The molecule has 4 rings (SSSR count). The minimum Gasteiger partial charge on any atom is -0.465 e. The molecule has 2 aliphatic heterocycles. The zero-order valence-electron chi connectivity index (χ0n) is 20.0. The van der Waals surface area contributed by atoms with E-state index in [1.165, 1.54) is 7.11 Å². The van der Waals surface area contributed by atoms with E-state index >= 15 is 0 Å². The Morgan fingerprint density at radius 2 is 2.06 bits per heavy atom. The van der Waals surface area contributed by atoms with Gasteiger partial charge in [-0.1, -0.05) is 51.5 Å². The van der Waals surface area contributed by atoms with Crippen LogP contribution in [0.2, 0.25) is 0 Å². The van der Waals surface area contributed by atoms with Crippen LogP contribution in [0.1, 0.15) is 56.0 Å². The van der Waals surface area contributed by atoms with Crippen LogP contribution in [0.15, 0.2) is 71.0 Å². The van der Waals surface area contributed by atoms with Crippen LogP contribution in [-0.4, -0.2) is 42.8 Å². The first-order valence-electron chi connectivity index (χ1n) is 11.4. The average Bonchev–Trinajstić information content (AvgIpc) is 3.23. The molecule has 0 N–H and O–H groups in total. The minimum atomic E-state index is -0.348. The Labute approximate surface area is 195 Å². The van der Waals surface area contributed by atoms with Gasteiger partial charge in [-0.3, -0.25) is 4.79 Å². The van der Waals surface area contributed by atoms with Crippen molar-refractivity contribution in [1.29, 1.82) is 0 Å². The summed E-state index contributed by atoms with van der Waals surface area (Å²) in [5.41, 5.74) is 4.83. The Kier molecular flexibility index (Phi) is 6.11. The smallest absolute Gasteiger partial charge is 0.337 e. The van der Waals surface area contributed by atoms with Crippen molar-refractivity contribution in [3.05, 3.63) is 77.1 Å². The summed E-state index contributed by atoms with van der Waals surface area (Å²) in [6.45, 7) is 6.35. The molecule has 0 fully saturated rings. The Bertz CT molecular complexity index is 1140. The molecule has 1 aromatic carbocycles. The monoisotopic (exact) mass is 445 g/mol. The topological polar surface area (TPSA) is 62.2 Å². The number of amides is 1. The second kappa shape index (κ2) is 8.85. The van der Waals surface area contributed by atoms with E-state index in [0.29, 0.717) is 11.1 Å². The summed E-state index contributed by atoms with van der Waals surface area (Å²) < 4.78 is 4.90. The zero-order chi connectivity index (χ0) is 23.8. The quantitative estimate of drug-likeness (QED) is 0.478. The number of allylic oxidation sites excluding steroid dienone is 5.